The molecule has 17 heavy (non-hydrogen) atoms. The molecule has 0 saturated carbocycles. The highest BCUT2D eigenvalue weighted by molar-refractivity contribution is 8.00. The fourth-order valence-corrected chi connectivity index (χ4v) is 2.25. The van der Waals surface area contributed by atoms with Crippen LogP contribution in [0.4, 0.5) is 5.69 Å². The zero-order chi connectivity index (χ0) is 12.9. The molecule has 1 rings (SSSR count). The highest BCUT2D eigenvalue weighted by Gasteiger charge is 2.16. The average Bonchev–Trinajstić information content (AvgIpc) is 2.31. The lowest BCUT2D eigenvalue weighted by molar-refractivity contribution is -0.111. The van der Waals surface area contributed by atoms with Gasteiger partial charge >= 0.3 is 0 Å². The number of anilines is 1. The van der Waals surface area contributed by atoms with E-state index < -0.39 is 0 Å². The van der Waals surface area contributed by atoms with Crippen LogP contribution in [0, 0.1) is 0 Å². The second kappa shape index (κ2) is 5.92. The lowest BCUT2D eigenvalue weighted by atomic mass is 10.1. The Morgan fingerprint density at radius 1 is 1.41 bits per heavy atom. The fourth-order valence-electron chi connectivity index (χ4n) is 1.19. The molecule has 0 bridgehead atoms. The number of rotatable bonds is 5. The summed E-state index contributed by atoms with van der Waals surface area (Å²) in [6, 6.07) is 7.88. The molecule has 0 spiro atoms. The normalized spacial score (nSPS) is 11.0. The van der Waals surface area contributed by atoms with Crippen molar-refractivity contribution in [3.63, 3.8) is 0 Å². The van der Waals surface area contributed by atoms with Gasteiger partial charge in [0.15, 0.2) is 0 Å². The second-order valence-corrected chi connectivity index (χ2v) is 6.21. The van der Waals surface area contributed by atoms with Crippen LogP contribution in [0.1, 0.15) is 27.2 Å². The van der Waals surface area contributed by atoms with E-state index in [1.165, 1.54) is 11.0 Å². The minimum absolute atomic E-state index is 0.181. The van der Waals surface area contributed by atoms with E-state index in [9.17, 15) is 4.79 Å². The van der Waals surface area contributed by atoms with Crippen molar-refractivity contribution in [3.8, 4) is 0 Å². The van der Waals surface area contributed by atoms with E-state index in [0.29, 0.717) is 0 Å². The molecule has 0 aliphatic rings. The summed E-state index contributed by atoms with van der Waals surface area (Å²) in [7, 11) is 0. The molecule has 2 nitrogen and oxygen atoms in total. The van der Waals surface area contributed by atoms with Crippen LogP contribution in [0.2, 0.25) is 0 Å². The van der Waals surface area contributed by atoms with Crippen molar-refractivity contribution in [1.82, 2.24) is 0 Å². The van der Waals surface area contributed by atoms with Crippen molar-refractivity contribution in [3.05, 3.63) is 36.9 Å². The number of benzene rings is 1. The third kappa shape index (κ3) is 4.65. The molecule has 92 valence electrons. The summed E-state index contributed by atoms with van der Waals surface area (Å²) in [4.78, 5) is 12.3. The van der Waals surface area contributed by atoms with Gasteiger partial charge in [0.1, 0.15) is 0 Å². The van der Waals surface area contributed by atoms with Crippen LogP contribution in [0.3, 0.4) is 0 Å². The van der Waals surface area contributed by atoms with Crippen LogP contribution < -0.4 is 5.32 Å². The van der Waals surface area contributed by atoms with Gasteiger partial charge in [0.2, 0.25) is 5.91 Å². The Labute approximate surface area is 107 Å². The van der Waals surface area contributed by atoms with E-state index in [2.05, 4.69) is 32.7 Å². The van der Waals surface area contributed by atoms with Crippen molar-refractivity contribution in [2.45, 2.75) is 36.8 Å². The number of hydrogen-bond acceptors (Lipinski definition) is 2. The lowest BCUT2D eigenvalue weighted by Crippen LogP contribution is -2.12. The Balaban J connectivity index is 2.68. The summed E-state index contributed by atoms with van der Waals surface area (Å²) in [5.41, 5.74) is 0.800. The van der Waals surface area contributed by atoms with Gasteiger partial charge in [0.25, 0.3) is 0 Å². The summed E-state index contributed by atoms with van der Waals surface area (Å²) in [5, 5.41) is 2.73. The first-order valence-corrected chi connectivity index (χ1v) is 6.51. The van der Waals surface area contributed by atoms with Gasteiger partial charge in [-0.2, -0.15) is 0 Å². The number of hydrogen-bond donors (Lipinski definition) is 1. The SMILES string of the molecule is C=CC(=O)Nc1ccc(SC(C)(C)CC)cc1. The highest BCUT2D eigenvalue weighted by atomic mass is 32.2. The molecule has 1 aromatic rings. The number of carbonyl (C=O) groups is 1. The Morgan fingerprint density at radius 3 is 2.47 bits per heavy atom. The standard InChI is InChI=1S/C14H19NOS/c1-5-13(16)15-11-7-9-12(10-8-11)17-14(3,4)6-2/h5,7-10H,1,6H2,2-4H3,(H,15,16). The van der Waals surface area contributed by atoms with Crippen LogP contribution >= 0.6 is 11.8 Å². The summed E-state index contributed by atoms with van der Waals surface area (Å²) in [6.45, 7) is 10.1. The van der Waals surface area contributed by atoms with Crippen molar-refractivity contribution >= 4 is 23.4 Å². The molecular weight excluding hydrogens is 230 g/mol. The Hall–Kier alpha value is -1.22. The Morgan fingerprint density at radius 2 is 2.00 bits per heavy atom. The maximum absolute atomic E-state index is 11.1. The van der Waals surface area contributed by atoms with E-state index in [4.69, 9.17) is 0 Å². The molecule has 1 amide bonds. The number of carbonyl (C=O) groups excluding carboxylic acids is 1. The van der Waals surface area contributed by atoms with Gasteiger partial charge in [-0.25, -0.2) is 0 Å². The molecule has 0 atom stereocenters. The molecule has 3 heteroatoms. The number of amides is 1. The summed E-state index contributed by atoms with van der Waals surface area (Å²) in [5.74, 6) is -0.181. The van der Waals surface area contributed by atoms with Crippen LogP contribution in [0.5, 0.6) is 0 Å². The van der Waals surface area contributed by atoms with Crippen molar-refractivity contribution in [2.75, 3.05) is 5.32 Å². The maximum Gasteiger partial charge on any atom is 0.247 e. The monoisotopic (exact) mass is 249 g/mol. The first kappa shape index (κ1) is 13.8. The van der Waals surface area contributed by atoms with Crippen LogP contribution in [-0.2, 0) is 4.79 Å². The van der Waals surface area contributed by atoms with Gasteiger partial charge in [0.05, 0.1) is 0 Å². The van der Waals surface area contributed by atoms with Gasteiger partial charge in [0, 0.05) is 15.3 Å². The van der Waals surface area contributed by atoms with Crippen LogP contribution in [-0.4, -0.2) is 10.7 Å². The predicted octanol–water partition coefficient (Wildman–Crippen LogP) is 4.09. The van der Waals surface area contributed by atoms with Crippen molar-refractivity contribution < 1.29 is 4.79 Å². The van der Waals surface area contributed by atoms with Crippen molar-refractivity contribution in [1.29, 1.82) is 0 Å². The molecule has 0 unspecified atom stereocenters. The smallest absolute Gasteiger partial charge is 0.247 e. The van der Waals surface area contributed by atoms with Gasteiger partial charge in [-0.1, -0.05) is 27.4 Å². The summed E-state index contributed by atoms with van der Waals surface area (Å²) in [6.07, 6.45) is 2.38. The van der Waals surface area contributed by atoms with Gasteiger partial charge < -0.3 is 5.32 Å². The van der Waals surface area contributed by atoms with E-state index in [-0.39, 0.29) is 10.7 Å². The zero-order valence-corrected chi connectivity index (χ0v) is 11.4. The summed E-state index contributed by atoms with van der Waals surface area (Å²) >= 11 is 1.85. The molecule has 0 heterocycles. The molecule has 1 N–H and O–H groups in total. The summed E-state index contributed by atoms with van der Waals surface area (Å²) < 4.78 is 0.242. The molecule has 0 fully saturated rings. The van der Waals surface area contributed by atoms with Gasteiger partial charge in [-0.05, 0) is 36.8 Å². The maximum atomic E-state index is 11.1. The van der Waals surface area contributed by atoms with E-state index in [1.807, 2.05) is 36.0 Å². The molecule has 0 aromatic heterocycles. The Kier molecular flexibility index (Phi) is 4.82. The largest absolute Gasteiger partial charge is 0.323 e. The quantitative estimate of drug-likeness (QED) is 0.629. The minimum Gasteiger partial charge on any atom is -0.323 e. The molecule has 0 radical (unpaired) electrons. The van der Waals surface area contributed by atoms with E-state index in [1.54, 1.807) is 0 Å². The predicted molar refractivity (Wildman–Crippen MR) is 75.5 cm³/mol. The third-order valence-electron chi connectivity index (χ3n) is 2.55. The molecule has 0 saturated heterocycles. The van der Waals surface area contributed by atoms with Crippen LogP contribution in [0.25, 0.3) is 0 Å². The second-order valence-electron chi connectivity index (χ2n) is 4.43. The van der Waals surface area contributed by atoms with Gasteiger partial charge in [-0.3, -0.25) is 4.79 Å². The molecule has 1 aromatic carbocycles. The molecular formula is C14H19NOS. The van der Waals surface area contributed by atoms with E-state index >= 15 is 0 Å². The fraction of sp³-hybridized carbons (Fsp3) is 0.357. The Bertz CT molecular complexity index is 395. The number of thioether (sulfide) groups is 1. The highest BCUT2D eigenvalue weighted by Crippen LogP contribution is 2.35. The van der Waals surface area contributed by atoms with Crippen LogP contribution in [0.15, 0.2) is 41.8 Å². The number of nitrogens with one attached hydrogen (secondary N) is 1. The first-order chi connectivity index (χ1) is 7.96. The topological polar surface area (TPSA) is 29.1 Å². The van der Waals surface area contributed by atoms with Crippen molar-refractivity contribution in [2.24, 2.45) is 0 Å². The van der Waals surface area contributed by atoms with Gasteiger partial charge in [-0.15, -0.1) is 11.8 Å². The minimum atomic E-state index is -0.181. The lowest BCUT2D eigenvalue weighted by Gasteiger charge is -2.21. The first-order valence-electron chi connectivity index (χ1n) is 5.69. The third-order valence-corrected chi connectivity index (χ3v) is 3.90. The van der Waals surface area contributed by atoms with E-state index in [0.717, 1.165) is 12.1 Å². The molecule has 0 aliphatic carbocycles. The average molecular weight is 249 g/mol. The zero-order valence-electron chi connectivity index (χ0n) is 10.6. The molecule has 0 aliphatic heterocycles.